The lowest BCUT2D eigenvalue weighted by Crippen LogP contribution is -2.29. The van der Waals surface area contributed by atoms with E-state index in [2.05, 4.69) is 20.4 Å². The van der Waals surface area contributed by atoms with Crippen molar-refractivity contribution in [1.29, 1.82) is 0 Å². The molecule has 0 aliphatic rings. The molecule has 0 spiro atoms. The third-order valence-corrected chi connectivity index (χ3v) is 5.24. The Hall–Kier alpha value is -3.99. The molecule has 3 heterocycles. The normalized spacial score (nSPS) is 11.4. The van der Waals surface area contributed by atoms with Gasteiger partial charge in [-0.2, -0.15) is 13.9 Å². The van der Waals surface area contributed by atoms with Gasteiger partial charge in [-0.25, -0.2) is 14.5 Å². The molecule has 34 heavy (non-hydrogen) atoms. The summed E-state index contributed by atoms with van der Waals surface area (Å²) in [7, 11) is 5.75. The topological polar surface area (TPSA) is 96.8 Å². The van der Waals surface area contributed by atoms with E-state index in [0.29, 0.717) is 23.6 Å². The number of aromatic nitrogens is 4. The minimum atomic E-state index is -3.00. The highest BCUT2D eigenvalue weighted by Crippen LogP contribution is 2.37. The molecule has 9 nitrogen and oxygen atoms in total. The van der Waals surface area contributed by atoms with E-state index in [-0.39, 0.29) is 17.4 Å². The van der Waals surface area contributed by atoms with Gasteiger partial charge in [-0.05, 0) is 38.4 Å². The number of hydrogen-bond donors (Lipinski definition) is 2. The monoisotopic (exact) mass is 468 g/mol. The second-order valence-corrected chi connectivity index (χ2v) is 7.99. The van der Waals surface area contributed by atoms with Gasteiger partial charge in [-0.3, -0.25) is 0 Å². The molecular weight excluding hydrogens is 442 g/mol. The van der Waals surface area contributed by atoms with Gasteiger partial charge in [0, 0.05) is 44.2 Å². The fraction of sp³-hybridized carbons (Fsp3) is 0.261. The zero-order chi connectivity index (χ0) is 24.2. The van der Waals surface area contributed by atoms with E-state index < -0.39 is 6.61 Å². The van der Waals surface area contributed by atoms with Gasteiger partial charge in [0.15, 0.2) is 5.75 Å². The molecule has 3 aromatic heterocycles. The Morgan fingerprint density at radius 3 is 2.74 bits per heavy atom. The molecule has 0 bridgehead atoms. The van der Waals surface area contributed by atoms with Crippen LogP contribution in [0.5, 0.6) is 5.75 Å². The van der Waals surface area contributed by atoms with Crippen LogP contribution < -0.4 is 20.7 Å². The van der Waals surface area contributed by atoms with Gasteiger partial charge < -0.3 is 25.6 Å². The molecule has 0 fully saturated rings. The number of anilines is 4. The maximum absolute atomic E-state index is 13.2. The maximum Gasteiger partial charge on any atom is 0.387 e. The first-order chi connectivity index (χ1) is 16.3. The molecule has 0 amide bonds. The largest absolute Gasteiger partial charge is 0.433 e. The number of ether oxygens (including phenoxy) is 1. The maximum atomic E-state index is 13.2. The first-order valence-corrected chi connectivity index (χ1v) is 10.6. The van der Waals surface area contributed by atoms with Crippen LogP contribution in [0.3, 0.4) is 0 Å². The van der Waals surface area contributed by atoms with Crippen molar-refractivity contribution in [3.05, 3.63) is 55.0 Å². The summed E-state index contributed by atoms with van der Waals surface area (Å²) in [5.74, 6) is 0.154. The number of nitrogens with one attached hydrogen (secondary N) is 1. The summed E-state index contributed by atoms with van der Waals surface area (Å²) in [6.45, 7) is -1.58. The third-order valence-electron chi connectivity index (χ3n) is 5.24. The number of halogens is 2. The first-order valence-electron chi connectivity index (χ1n) is 10.6. The van der Waals surface area contributed by atoms with Crippen LogP contribution in [0, 0.1) is 0 Å². The Kier molecular flexibility index (Phi) is 6.73. The number of rotatable bonds is 9. The van der Waals surface area contributed by atoms with Crippen LogP contribution in [-0.2, 0) is 0 Å². The Bertz CT molecular complexity index is 1280. The minimum absolute atomic E-state index is 0.0547. The molecule has 0 saturated carbocycles. The molecule has 0 unspecified atom stereocenters. The molecule has 0 aliphatic heterocycles. The number of nitrogens with zero attached hydrogens (tertiary/aromatic N) is 6. The molecule has 4 rings (SSSR count). The van der Waals surface area contributed by atoms with Crippen molar-refractivity contribution in [1.82, 2.24) is 24.5 Å². The number of hydrogen-bond acceptors (Lipinski definition) is 8. The van der Waals surface area contributed by atoms with Crippen LogP contribution in [0.4, 0.5) is 31.8 Å². The van der Waals surface area contributed by atoms with Crippen molar-refractivity contribution in [3.8, 4) is 17.0 Å². The van der Waals surface area contributed by atoms with E-state index in [1.54, 1.807) is 29.0 Å². The average Bonchev–Trinajstić information content (AvgIpc) is 3.23. The summed E-state index contributed by atoms with van der Waals surface area (Å²) < 4.78 is 32.9. The van der Waals surface area contributed by atoms with Crippen molar-refractivity contribution < 1.29 is 13.5 Å². The fourth-order valence-corrected chi connectivity index (χ4v) is 3.50. The van der Waals surface area contributed by atoms with E-state index >= 15 is 0 Å². The molecule has 11 heteroatoms. The summed E-state index contributed by atoms with van der Waals surface area (Å²) in [6.07, 6.45) is 5.13. The van der Waals surface area contributed by atoms with Gasteiger partial charge in [-0.15, -0.1) is 0 Å². The summed E-state index contributed by atoms with van der Waals surface area (Å²) in [6, 6.07) is 10.5. The Balaban J connectivity index is 1.65. The SMILES string of the molecule is CN(C)CCN(C)c1cc(OC(F)F)c(Nc2nccc(-c3cnn4ccccc34)n2)cc1N. The highest BCUT2D eigenvalue weighted by Gasteiger charge is 2.17. The number of alkyl halides is 2. The lowest BCUT2D eigenvalue weighted by Gasteiger charge is -2.24. The summed E-state index contributed by atoms with van der Waals surface area (Å²) in [5.41, 5.74) is 9.81. The minimum Gasteiger partial charge on any atom is -0.433 e. The number of nitrogens with two attached hydrogens (primary N) is 1. The van der Waals surface area contributed by atoms with Crippen molar-refractivity contribution in [2.24, 2.45) is 0 Å². The molecule has 1 aromatic carbocycles. The molecule has 3 N–H and O–H groups in total. The average molecular weight is 469 g/mol. The van der Waals surface area contributed by atoms with Crippen molar-refractivity contribution >= 4 is 28.5 Å². The lowest BCUT2D eigenvalue weighted by atomic mass is 10.2. The molecule has 4 aromatic rings. The summed E-state index contributed by atoms with van der Waals surface area (Å²) >= 11 is 0. The summed E-state index contributed by atoms with van der Waals surface area (Å²) in [5, 5.41) is 7.30. The smallest absolute Gasteiger partial charge is 0.387 e. The van der Waals surface area contributed by atoms with E-state index in [9.17, 15) is 8.78 Å². The Morgan fingerprint density at radius 2 is 1.97 bits per heavy atom. The van der Waals surface area contributed by atoms with Crippen LogP contribution in [0.2, 0.25) is 0 Å². The zero-order valence-corrected chi connectivity index (χ0v) is 19.1. The number of fused-ring (bicyclic) bond motifs is 1. The van der Waals surface area contributed by atoms with E-state index in [1.807, 2.05) is 55.3 Å². The predicted octanol–water partition coefficient (Wildman–Crippen LogP) is 3.72. The van der Waals surface area contributed by atoms with Crippen molar-refractivity contribution in [2.75, 3.05) is 50.2 Å². The van der Waals surface area contributed by atoms with Crippen molar-refractivity contribution in [3.63, 3.8) is 0 Å². The standard InChI is InChI=1S/C23H26F2N8O/c1-31(2)10-11-32(3)20-13-21(34-22(24)25)18(12-16(20)26)30-23-27-8-7-17(29-23)15-14-28-33-9-5-4-6-19(15)33/h4-9,12-14,22H,10-11,26H2,1-3H3,(H,27,29,30). The van der Waals surface area contributed by atoms with E-state index in [0.717, 1.165) is 17.6 Å². The van der Waals surface area contributed by atoms with Gasteiger partial charge >= 0.3 is 6.61 Å². The third kappa shape index (κ3) is 5.15. The van der Waals surface area contributed by atoms with Gasteiger partial charge in [0.2, 0.25) is 5.95 Å². The lowest BCUT2D eigenvalue weighted by molar-refractivity contribution is -0.0493. The van der Waals surface area contributed by atoms with Crippen molar-refractivity contribution in [2.45, 2.75) is 6.61 Å². The van der Waals surface area contributed by atoms with Crippen LogP contribution in [0.15, 0.2) is 55.0 Å². The first kappa shape index (κ1) is 23.2. The highest BCUT2D eigenvalue weighted by atomic mass is 19.3. The number of pyridine rings is 1. The second kappa shape index (κ2) is 9.87. The highest BCUT2D eigenvalue weighted by molar-refractivity contribution is 5.80. The Labute approximate surface area is 195 Å². The predicted molar refractivity (Wildman–Crippen MR) is 129 cm³/mol. The number of benzene rings is 1. The number of nitrogen functional groups attached to an aromatic ring is 1. The molecule has 0 saturated heterocycles. The Morgan fingerprint density at radius 1 is 1.15 bits per heavy atom. The summed E-state index contributed by atoms with van der Waals surface area (Å²) in [4.78, 5) is 12.7. The number of likely N-dealkylation sites (N-methyl/N-ethyl adjacent to an activating group) is 2. The molecular formula is C23H26F2N8O. The second-order valence-electron chi connectivity index (χ2n) is 7.99. The zero-order valence-electron chi connectivity index (χ0n) is 19.1. The molecule has 0 atom stereocenters. The van der Waals surface area contributed by atoms with Crippen LogP contribution in [-0.4, -0.2) is 65.3 Å². The van der Waals surface area contributed by atoms with Gasteiger partial charge in [0.1, 0.15) is 0 Å². The molecule has 178 valence electrons. The molecule has 0 radical (unpaired) electrons. The van der Waals surface area contributed by atoms with Gasteiger partial charge in [-0.1, -0.05) is 6.07 Å². The van der Waals surface area contributed by atoms with Gasteiger partial charge in [0.05, 0.1) is 34.5 Å². The van der Waals surface area contributed by atoms with Crippen LogP contribution in [0.1, 0.15) is 0 Å². The molecule has 0 aliphatic carbocycles. The van der Waals surface area contributed by atoms with Gasteiger partial charge in [0.25, 0.3) is 0 Å². The van der Waals surface area contributed by atoms with E-state index in [4.69, 9.17) is 10.5 Å². The quantitative estimate of drug-likeness (QED) is 0.359. The fourth-order valence-electron chi connectivity index (χ4n) is 3.50. The van der Waals surface area contributed by atoms with Crippen LogP contribution in [0.25, 0.3) is 16.8 Å². The van der Waals surface area contributed by atoms with Crippen LogP contribution >= 0.6 is 0 Å². The van der Waals surface area contributed by atoms with E-state index in [1.165, 1.54) is 6.07 Å².